The Labute approximate surface area is 169 Å². The number of likely N-dealkylation sites (tertiary alicyclic amines) is 2. The van der Waals surface area contributed by atoms with Gasteiger partial charge in [0, 0.05) is 32.1 Å². The van der Waals surface area contributed by atoms with Gasteiger partial charge in [0.05, 0.1) is 30.8 Å². The van der Waals surface area contributed by atoms with Crippen LogP contribution in [0.25, 0.3) is 0 Å². The minimum absolute atomic E-state index is 0.0317. The number of Topliss-reactive ketones (excluding diaryl/α,β-unsaturated/α-hetero) is 1. The lowest BCUT2D eigenvalue weighted by Gasteiger charge is -2.13. The quantitative estimate of drug-likeness (QED) is 0.456. The number of alkyl halides is 4. The number of carboxylic acids is 3. The van der Waals surface area contributed by atoms with Crippen molar-refractivity contribution in [1.82, 2.24) is 9.80 Å². The summed E-state index contributed by atoms with van der Waals surface area (Å²) in [5, 5.41) is 26.2. The van der Waals surface area contributed by atoms with Gasteiger partial charge in [0.1, 0.15) is 5.78 Å². The zero-order valence-electron chi connectivity index (χ0n) is 16.1. The third kappa shape index (κ3) is 7.52. The second-order valence-electron chi connectivity index (χ2n) is 7.27. The van der Waals surface area contributed by atoms with Crippen molar-refractivity contribution in [3.05, 3.63) is 0 Å². The fourth-order valence-electron chi connectivity index (χ4n) is 3.62. The van der Waals surface area contributed by atoms with E-state index in [1.807, 2.05) is 0 Å². The van der Waals surface area contributed by atoms with Crippen molar-refractivity contribution in [3.63, 3.8) is 0 Å². The standard InChI is InChI=1S/C9H13F2NO3.C8H11F2NO4/c1-5(13)6-2-12(4-8(10)11)3-7(6)9(14)15;9-6(10)3-11-1-4(7(12)13)5(2-11)8(14)15/h6-8H,2-4H2,1H3,(H,14,15);4-6H,1-3H2,(H,12,13)(H,14,15)/t6-,7+;4-,5-/m11/s1. The molecule has 0 aromatic rings. The van der Waals surface area contributed by atoms with Gasteiger partial charge in [-0.05, 0) is 6.92 Å². The molecule has 0 radical (unpaired) electrons. The lowest BCUT2D eigenvalue weighted by atomic mass is 9.93. The molecule has 9 nitrogen and oxygen atoms in total. The van der Waals surface area contributed by atoms with Gasteiger partial charge in [-0.3, -0.25) is 29.0 Å². The van der Waals surface area contributed by atoms with Gasteiger partial charge < -0.3 is 15.3 Å². The molecule has 0 unspecified atom stereocenters. The van der Waals surface area contributed by atoms with Gasteiger partial charge in [-0.25, -0.2) is 17.6 Å². The lowest BCUT2D eigenvalue weighted by molar-refractivity contribution is -0.151. The average molecular weight is 444 g/mol. The summed E-state index contributed by atoms with van der Waals surface area (Å²) in [4.78, 5) is 45.7. The van der Waals surface area contributed by atoms with E-state index in [-0.39, 0.29) is 32.0 Å². The Bertz CT molecular complexity index is 552. The van der Waals surface area contributed by atoms with E-state index >= 15 is 0 Å². The fourth-order valence-corrected chi connectivity index (χ4v) is 3.62. The predicted molar refractivity (Wildman–Crippen MR) is 92.4 cm³/mol. The molecule has 3 N–H and O–H groups in total. The first-order valence-corrected chi connectivity index (χ1v) is 9.03. The van der Waals surface area contributed by atoms with Gasteiger partial charge in [0.2, 0.25) is 0 Å². The highest BCUT2D eigenvalue weighted by Crippen LogP contribution is 2.25. The van der Waals surface area contributed by atoms with Gasteiger partial charge in [-0.15, -0.1) is 0 Å². The second kappa shape index (κ2) is 11.2. The number of rotatable bonds is 8. The minimum atomic E-state index is -2.58. The topological polar surface area (TPSA) is 135 Å². The number of hydrogen-bond acceptors (Lipinski definition) is 6. The van der Waals surface area contributed by atoms with Gasteiger partial charge >= 0.3 is 17.9 Å². The van der Waals surface area contributed by atoms with Crippen LogP contribution in [-0.4, -0.2) is 101 Å². The first kappa shape index (κ1) is 25.8. The zero-order chi connectivity index (χ0) is 23.2. The van der Waals surface area contributed by atoms with Crippen LogP contribution in [-0.2, 0) is 19.2 Å². The molecule has 172 valence electrons. The SMILES string of the molecule is CC(=O)[C@H]1CN(CC(F)F)C[C@@H]1C(=O)O.O=C(O)[C@@H]1CN(CC(F)F)C[C@H]1C(=O)O. The molecule has 2 rings (SSSR count). The third-order valence-electron chi connectivity index (χ3n) is 5.06. The van der Waals surface area contributed by atoms with Crippen LogP contribution >= 0.6 is 0 Å². The molecule has 2 fully saturated rings. The summed E-state index contributed by atoms with van der Waals surface area (Å²) < 4.78 is 48.2. The van der Waals surface area contributed by atoms with E-state index in [1.54, 1.807) is 0 Å². The molecular weight excluding hydrogens is 420 g/mol. The van der Waals surface area contributed by atoms with Crippen molar-refractivity contribution in [1.29, 1.82) is 0 Å². The molecule has 30 heavy (non-hydrogen) atoms. The van der Waals surface area contributed by atoms with Gasteiger partial charge in [-0.1, -0.05) is 0 Å². The van der Waals surface area contributed by atoms with E-state index in [4.69, 9.17) is 15.3 Å². The van der Waals surface area contributed by atoms with Crippen LogP contribution in [0.2, 0.25) is 0 Å². The summed E-state index contributed by atoms with van der Waals surface area (Å²) in [6.45, 7) is 0.154. The third-order valence-corrected chi connectivity index (χ3v) is 5.06. The largest absolute Gasteiger partial charge is 0.481 e. The summed E-state index contributed by atoms with van der Waals surface area (Å²) in [6, 6.07) is 0. The monoisotopic (exact) mass is 444 g/mol. The fraction of sp³-hybridized carbons (Fsp3) is 0.765. The smallest absolute Gasteiger partial charge is 0.308 e. The van der Waals surface area contributed by atoms with Crippen molar-refractivity contribution in [3.8, 4) is 0 Å². The molecule has 0 saturated carbocycles. The average Bonchev–Trinajstić information content (AvgIpc) is 3.19. The van der Waals surface area contributed by atoms with Crippen molar-refractivity contribution in [2.75, 3.05) is 39.3 Å². The van der Waals surface area contributed by atoms with E-state index in [1.165, 1.54) is 16.7 Å². The van der Waals surface area contributed by atoms with Crippen LogP contribution in [0, 0.1) is 23.7 Å². The van der Waals surface area contributed by atoms with E-state index in [0.29, 0.717) is 0 Å². The summed E-state index contributed by atoms with van der Waals surface area (Å²) >= 11 is 0. The van der Waals surface area contributed by atoms with Crippen molar-refractivity contribution < 1.29 is 52.1 Å². The minimum Gasteiger partial charge on any atom is -0.481 e. The summed E-state index contributed by atoms with van der Waals surface area (Å²) in [7, 11) is 0. The molecule has 0 aromatic carbocycles. The summed E-state index contributed by atoms with van der Waals surface area (Å²) in [5.41, 5.74) is 0. The number of nitrogens with zero attached hydrogens (tertiary/aromatic N) is 2. The lowest BCUT2D eigenvalue weighted by Crippen LogP contribution is -2.28. The highest BCUT2D eigenvalue weighted by atomic mass is 19.3. The van der Waals surface area contributed by atoms with Crippen LogP contribution in [0.15, 0.2) is 0 Å². The molecule has 2 aliphatic heterocycles. The molecule has 2 heterocycles. The number of carbonyl (C=O) groups is 4. The number of carbonyl (C=O) groups excluding carboxylic acids is 1. The number of aliphatic carboxylic acids is 3. The maximum absolute atomic E-state index is 12.1. The van der Waals surface area contributed by atoms with Crippen molar-refractivity contribution in [2.45, 2.75) is 19.8 Å². The molecule has 2 saturated heterocycles. The first-order valence-electron chi connectivity index (χ1n) is 9.03. The number of halogens is 4. The molecule has 2 aliphatic rings. The Balaban J connectivity index is 0.000000300. The summed E-state index contributed by atoms with van der Waals surface area (Å²) in [6.07, 6.45) is -5.07. The van der Waals surface area contributed by atoms with E-state index < -0.39 is 67.5 Å². The highest BCUT2D eigenvalue weighted by molar-refractivity contribution is 5.85. The molecule has 0 bridgehead atoms. The molecule has 0 spiro atoms. The van der Waals surface area contributed by atoms with Crippen LogP contribution < -0.4 is 0 Å². The maximum atomic E-state index is 12.1. The molecule has 4 atom stereocenters. The van der Waals surface area contributed by atoms with Crippen molar-refractivity contribution >= 4 is 23.7 Å². The van der Waals surface area contributed by atoms with Gasteiger partial charge in [0.15, 0.2) is 0 Å². The van der Waals surface area contributed by atoms with Gasteiger partial charge in [0.25, 0.3) is 12.9 Å². The van der Waals surface area contributed by atoms with Crippen LogP contribution in [0.1, 0.15) is 6.92 Å². The highest BCUT2D eigenvalue weighted by Gasteiger charge is 2.42. The first-order chi connectivity index (χ1) is 13.8. The maximum Gasteiger partial charge on any atom is 0.308 e. The molecule has 13 heteroatoms. The number of hydrogen-bond donors (Lipinski definition) is 3. The molecule has 0 aliphatic carbocycles. The van der Waals surface area contributed by atoms with Crippen molar-refractivity contribution in [2.24, 2.45) is 23.7 Å². The number of carboxylic acid groups (broad SMARTS) is 3. The molecule has 0 aromatic heterocycles. The van der Waals surface area contributed by atoms with E-state index in [0.717, 1.165) is 0 Å². The van der Waals surface area contributed by atoms with Crippen LogP contribution in [0.4, 0.5) is 17.6 Å². The zero-order valence-corrected chi connectivity index (χ0v) is 16.1. The number of ketones is 1. The summed E-state index contributed by atoms with van der Waals surface area (Å²) in [5.74, 6) is -7.53. The van der Waals surface area contributed by atoms with Crippen LogP contribution in [0.3, 0.4) is 0 Å². The predicted octanol–water partition coefficient (Wildman–Crippen LogP) is 0.442. The normalized spacial score (nSPS) is 27.2. The van der Waals surface area contributed by atoms with E-state index in [9.17, 15) is 36.7 Å². The molecular formula is C17H24F4N2O7. The molecule has 0 amide bonds. The van der Waals surface area contributed by atoms with Gasteiger partial charge in [-0.2, -0.15) is 0 Å². The van der Waals surface area contributed by atoms with E-state index in [2.05, 4.69) is 0 Å². The Morgan fingerprint density at radius 1 is 0.700 bits per heavy atom. The van der Waals surface area contributed by atoms with Crippen LogP contribution in [0.5, 0.6) is 0 Å². The Kier molecular flexibility index (Phi) is 9.62. The Morgan fingerprint density at radius 2 is 0.967 bits per heavy atom. The Hall–Kier alpha value is -2.28. The second-order valence-corrected chi connectivity index (χ2v) is 7.27. The Morgan fingerprint density at radius 3 is 1.17 bits per heavy atom.